The number of aromatic nitrogens is 1. The normalized spacial score (nSPS) is 20.0. The van der Waals surface area contributed by atoms with Crippen LogP contribution in [-0.2, 0) is 4.79 Å². The lowest BCUT2D eigenvalue weighted by Crippen LogP contribution is -2.48. The SMILES string of the molecule is O=C(N[C@H]1CCC[C@H]1NC(=O)c1ccc2c(Cl)c[nH]c2c1)c1ccc(N2CCCCCC2=O)cc1.S. The largest absolute Gasteiger partial charge is 0.360 e. The number of fused-ring (bicyclic) bond motifs is 1. The summed E-state index contributed by atoms with van der Waals surface area (Å²) in [6.45, 7) is 0.720. The van der Waals surface area contributed by atoms with Gasteiger partial charge in [0.05, 0.1) is 5.02 Å². The Kier molecular flexibility index (Phi) is 8.26. The molecule has 2 fully saturated rings. The van der Waals surface area contributed by atoms with E-state index in [0.717, 1.165) is 61.7 Å². The third-order valence-electron chi connectivity index (χ3n) is 7.06. The summed E-state index contributed by atoms with van der Waals surface area (Å²) in [5.41, 5.74) is 2.73. The first-order chi connectivity index (χ1) is 17.0. The number of halogens is 1. The van der Waals surface area contributed by atoms with Crippen molar-refractivity contribution in [2.24, 2.45) is 0 Å². The van der Waals surface area contributed by atoms with Crippen molar-refractivity contribution in [2.75, 3.05) is 11.4 Å². The minimum absolute atomic E-state index is 0. The molecule has 3 amide bonds. The van der Waals surface area contributed by atoms with Crippen molar-refractivity contribution >= 4 is 59.4 Å². The molecule has 3 aromatic rings. The van der Waals surface area contributed by atoms with Crippen LogP contribution in [-0.4, -0.2) is 41.3 Å². The number of aromatic amines is 1. The number of carbonyl (C=O) groups excluding carboxylic acids is 3. The maximum atomic E-state index is 12.9. The van der Waals surface area contributed by atoms with Crippen LogP contribution in [0.2, 0.25) is 5.02 Å². The lowest BCUT2D eigenvalue weighted by Gasteiger charge is -2.23. The van der Waals surface area contributed by atoms with Crippen molar-refractivity contribution in [3.8, 4) is 0 Å². The Hall–Kier alpha value is -2.97. The van der Waals surface area contributed by atoms with Crippen molar-refractivity contribution in [2.45, 2.75) is 57.0 Å². The maximum absolute atomic E-state index is 12.9. The Morgan fingerprint density at radius 1 is 0.889 bits per heavy atom. The van der Waals surface area contributed by atoms with E-state index in [2.05, 4.69) is 15.6 Å². The van der Waals surface area contributed by atoms with Crippen LogP contribution in [0.15, 0.2) is 48.7 Å². The molecule has 2 heterocycles. The highest BCUT2D eigenvalue weighted by atomic mass is 35.5. The van der Waals surface area contributed by atoms with E-state index in [1.807, 2.05) is 23.1 Å². The molecule has 1 saturated carbocycles. The van der Waals surface area contributed by atoms with Gasteiger partial charge in [0.15, 0.2) is 0 Å². The number of amides is 3. The molecule has 7 nitrogen and oxygen atoms in total. The van der Waals surface area contributed by atoms with Crippen LogP contribution in [0.3, 0.4) is 0 Å². The van der Waals surface area contributed by atoms with Gasteiger partial charge < -0.3 is 20.5 Å². The molecule has 0 bridgehead atoms. The number of carbonyl (C=O) groups is 3. The van der Waals surface area contributed by atoms with Crippen LogP contribution in [0, 0.1) is 0 Å². The highest BCUT2D eigenvalue weighted by Crippen LogP contribution is 2.25. The van der Waals surface area contributed by atoms with Crippen molar-refractivity contribution in [3.63, 3.8) is 0 Å². The van der Waals surface area contributed by atoms with Crippen LogP contribution in [0.1, 0.15) is 65.7 Å². The highest BCUT2D eigenvalue weighted by molar-refractivity contribution is 7.59. The molecule has 1 aromatic heterocycles. The summed E-state index contributed by atoms with van der Waals surface area (Å²) in [5.74, 6) is -0.203. The summed E-state index contributed by atoms with van der Waals surface area (Å²) in [4.78, 5) is 43.1. The quantitative estimate of drug-likeness (QED) is 0.440. The van der Waals surface area contributed by atoms with Gasteiger partial charge in [-0.05, 0) is 68.5 Å². The standard InChI is InChI=1S/C27H29ClN4O3.H2S/c28-21-16-29-24-15-18(10-13-20(21)24)27(35)31-23-6-4-5-22(23)30-26(34)17-8-11-19(12-9-17)32-14-3-1-2-7-25(32)33;/h8-13,15-16,22-23,29H,1-7,14H2,(H,30,34)(H,31,35);1H2/t22-,23+;/m0./s1. The predicted molar refractivity (Wildman–Crippen MR) is 147 cm³/mol. The average Bonchev–Trinajstić information content (AvgIpc) is 3.39. The van der Waals surface area contributed by atoms with Crippen molar-refractivity contribution in [1.29, 1.82) is 0 Å². The van der Waals surface area contributed by atoms with Crippen LogP contribution < -0.4 is 15.5 Å². The van der Waals surface area contributed by atoms with Crippen molar-refractivity contribution in [3.05, 3.63) is 64.8 Å². The molecule has 0 radical (unpaired) electrons. The van der Waals surface area contributed by atoms with E-state index >= 15 is 0 Å². The molecule has 2 atom stereocenters. The van der Waals surface area contributed by atoms with Crippen molar-refractivity contribution < 1.29 is 14.4 Å². The first-order valence-corrected chi connectivity index (χ1v) is 12.7. The number of nitrogens with one attached hydrogen (secondary N) is 3. The second-order valence-electron chi connectivity index (χ2n) is 9.39. The Morgan fingerprint density at radius 3 is 2.28 bits per heavy atom. The topological polar surface area (TPSA) is 94.3 Å². The van der Waals surface area contributed by atoms with Gasteiger partial charge in [0.25, 0.3) is 11.8 Å². The Balaban J connectivity index is 0.00000304. The van der Waals surface area contributed by atoms with Crippen molar-refractivity contribution in [1.82, 2.24) is 15.6 Å². The molecule has 3 N–H and O–H groups in total. The van der Waals surface area contributed by atoms with Gasteiger partial charge in [0, 0.05) is 59.0 Å². The minimum Gasteiger partial charge on any atom is -0.360 e. The molecule has 1 aliphatic heterocycles. The van der Waals surface area contributed by atoms with E-state index in [1.54, 1.807) is 30.5 Å². The van der Waals surface area contributed by atoms with E-state index in [4.69, 9.17) is 11.6 Å². The second kappa shape index (κ2) is 11.4. The van der Waals surface area contributed by atoms with Crippen LogP contribution >= 0.6 is 25.1 Å². The number of rotatable bonds is 5. The molecular formula is C27H31ClN4O3S. The van der Waals surface area contributed by atoms with Gasteiger partial charge in [-0.25, -0.2) is 0 Å². The monoisotopic (exact) mass is 526 g/mol. The first-order valence-electron chi connectivity index (χ1n) is 12.3. The van der Waals surface area contributed by atoms with E-state index in [1.165, 1.54) is 0 Å². The molecule has 2 aromatic carbocycles. The van der Waals surface area contributed by atoms with E-state index < -0.39 is 0 Å². The predicted octanol–water partition coefficient (Wildman–Crippen LogP) is 4.92. The molecule has 190 valence electrons. The number of hydrogen-bond acceptors (Lipinski definition) is 3. The van der Waals surface area contributed by atoms with Gasteiger partial charge in [-0.1, -0.05) is 24.1 Å². The van der Waals surface area contributed by atoms with Crippen LogP contribution in [0.4, 0.5) is 5.69 Å². The summed E-state index contributed by atoms with van der Waals surface area (Å²) in [5, 5.41) is 7.68. The fraction of sp³-hybridized carbons (Fsp3) is 0.370. The maximum Gasteiger partial charge on any atom is 0.251 e. The van der Waals surface area contributed by atoms with E-state index in [0.29, 0.717) is 22.6 Å². The molecule has 0 spiro atoms. The zero-order valence-electron chi connectivity index (χ0n) is 20.0. The molecule has 1 aliphatic carbocycles. The van der Waals surface area contributed by atoms with Gasteiger partial charge in [-0.15, -0.1) is 0 Å². The lowest BCUT2D eigenvalue weighted by atomic mass is 10.1. The van der Waals surface area contributed by atoms with Crippen LogP contribution in [0.5, 0.6) is 0 Å². The molecular weight excluding hydrogens is 496 g/mol. The number of hydrogen-bond donors (Lipinski definition) is 3. The summed E-state index contributed by atoms with van der Waals surface area (Å²) in [6.07, 6.45) is 7.82. The Morgan fingerprint density at radius 2 is 1.56 bits per heavy atom. The van der Waals surface area contributed by atoms with E-state index in [9.17, 15) is 14.4 Å². The zero-order valence-corrected chi connectivity index (χ0v) is 21.7. The molecule has 1 saturated heterocycles. The average molecular weight is 527 g/mol. The Bertz CT molecular complexity index is 1260. The van der Waals surface area contributed by atoms with Gasteiger partial charge in [0.2, 0.25) is 5.91 Å². The number of benzene rings is 2. The zero-order chi connectivity index (χ0) is 24.4. The third-order valence-corrected chi connectivity index (χ3v) is 7.37. The van der Waals surface area contributed by atoms with Gasteiger partial charge in [0.1, 0.15) is 0 Å². The van der Waals surface area contributed by atoms with Gasteiger partial charge >= 0.3 is 0 Å². The molecule has 0 unspecified atom stereocenters. The summed E-state index contributed by atoms with van der Waals surface area (Å²) in [6, 6.07) is 12.3. The molecule has 36 heavy (non-hydrogen) atoms. The molecule has 5 rings (SSSR count). The number of H-pyrrole nitrogens is 1. The smallest absolute Gasteiger partial charge is 0.251 e. The highest BCUT2D eigenvalue weighted by Gasteiger charge is 2.30. The summed E-state index contributed by atoms with van der Waals surface area (Å²) in [7, 11) is 0. The van der Waals surface area contributed by atoms with Gasteiger partial charge in [-0.3, -0.25) is 14.4 Å². The number of nitrogens with zero attached hydrogens (tertiary/aromatic N) is 1. The first kappa shape index (κ1) is 26.1. The third kappa shape index (κ3) is 5.55. The number of anilines is 1. The minimum atomic E-state index is -0.174. The summed E-state index contributed by atoms with van der Waals surface area (Å²) >= 11 is 6.13. The van der Waals surface area contributed by atoms with Crippen LogP contribution in [0.25, 0.3) is 10.9 Å². The fourth-order valence-electron chi connectivity index (χ4n) is 5.09. The fourth-order valence-corrected chi connectivity index (χ4v) is 5.31. The van der Waals surface area contributed by atoms with Gasteiger partial charge in [-0.2, -0.15) is 13.5 Å². The second-order valence-corrected chi connectivity index (χ2v) is 9.80. The Labute approximate surface area is 222 Å². The summed E-state index contributed by atoms with van der Waals surface area (Å²) < 4.78 is 0. The molecule has 2 aliphatic rings. The van der Waals surface area contributed by atoms with E-state index in [-0.39, 0.29) is 43.3 Å². The molecule has 9 heteroatoms. The lowest BCUT2D eigenvalue weighted by molar-refractivity contribution is -0.118.